The Morgan fingerprint density at radius 3 is 2.59 bits per heavy atom. The number of benzene rings is 2. The molecule has 1 saturated carbocycles. The summed E-state index contributed by atoms with van der Waals surface area (Å²) < 4.78 is 11.6. The minimum atomic E-state index is -0.608. The number of carbonyl (C=O) groups excluding carboxylic acids is 2. The average molecular weight is 395 g/mol. The first-order valence-corrected chi connectivity index (χ1v) is 9.82. The van der Waals surface area contributed by atoms with Crippen molar-refractivity contribution in [2.75, 3.05) is 17.7 Å². The number of methoxy groups -OCH3 is 1. The zero-order valence-corrected chi connectivity index (χ0v) is 16.6. The Hall–Kier alpha value is -3.22. The van der Waals surface area contributed by atoms with E-state index in [1.165, 1.54) is 6.92 Å². The van der Waals surface area contributed by atoms with E-state index >= 15 is 0 Å². The molecule has 2 aromatic rings. The Morgan fingerprint density at radius 2 is 1.90 bits per heavy atom. The van der Waals surface area contributed by atoms with Crippen molar-refractivity contribution in [3.8, 4) is 11.5 Å². The predicted octanol–water partition coefficient (Wildman–Crippen LogP) is 3.39. The number of amides is 2. The fourth-order valence-corrected chi connectivity index (χ4v) is 4.08. The SMILES string of the molecule is COc1ccc(N2C(=O)c3cc(N)ccc3C2NC(C)=O)cc1OC1CCCC1. The summed E-state index contributed by atoms with van der Waals surface area (Å²) in [6.07, 6.45) is 3.86. The maximum atomic E-state index is 13.2. The summed E-state index contributed by atoms with van der Waals surface area (Å²) in [7, 11) is 1.59. The smallest absolute Gasteiger partial charge is 0.260 e. The van der Waals surface area contributed by atoms with Crippen LogP contribution in [0.1, 0.15) is 54.7 Å². The summed E-state index contributed by atoms with van der Waals surface area (Å²) in [6, 6.07) is 10.5. The fourth-order valence-electron chi connectivity index (χ4n) is 4.08. The quantitative estimate of drug-likeness (QED) is 0.757. The van der Waals surface area contributed by atoms with Gasteiger partial charge in [0.05, 0.1) is 18.9 Å². The number of fused-ring (bicyclic) bond motifs is 1. The zero-order valence-electron chi connectivity index (χ0n) is 16.6. The number of carbonyl (C=O) groups is 2. The number of hydrogen-bond donors (Lipinski definition) is 2. The summed E-state index contributed by atoms with van der Waals surface area (Å²) >= 11 is 0. The van der Waals surface area contributed by atoms with E-state index in [2.05, 4.69) is 5.32 Å². The molecule has 152 valence electrons. The molecule has 29 heavy (non-hydrogen) atoms. The number of nitrogens with zero attached hydrogens (tertiary/aromatic N) is 1. The lowest BCUT2D eigenvalue weighted by Gasteiger charge is -2.27. The number of nitrogens with one attached hydrogen (secondary N) is 1. The molecule has 0 aromatic heterocycles. The van der Waals surface area contributed by atoms with Crippen LogP contribution in [-0.4, -0.2) is 25.0 Å². The summed E-state index contributed by atoms with van der Waals surface area (Å²) in [5.74, 6) is 0.767. The van der Waals surface area contributed by atoms with Crippen molar-refractivity contribution in [2.45, 2.75) is 44.9 Å². The van der Waals surface area contributed by atoms with Gasteiger partial charge in [0, 0.05) is 29.8 Å². The van der Waals surface area contributed by atoms with Crippen molar-refractivity contribution in [3.05, 3.63) is 47.5 Å². The third-order valence-electron chi connectivity index (χ3n) is 5.44. The average Bonchev–Trinajstić information content (AvgIpc) is 3.28. The lowest BCUT2D eigenvalue weighted by Crippen LogP contribution is -2.38. The molecule has 1 heterocycles. The largest absolute Gasteiger partial charge is 0.493 e. The summed E-state index contributed by atoms with van der Waals surface area (Å²) in [5, 5.41) is 2.87. The van der Waals surface area contributed by atoms with Gasteiger partial charge in [-0.15, -0.1) is 0 Å². The van der Waals surface area contributed by atoms with Crippen molar-refractivity contribution in [3.63, 3.8) is 0 Å². The third kappa shape index (κ3) is 3.60. The molecule has 1 aliphatic carbocycles. The van der Waals surface area contributed by atoms with E-state index in [4.69, 9.17) is 15.2 Å². The number of nitrogens with two attached hydrogens (primary N) is 1. The van der Waals surface area contributed by atoms with E-state index in [-0.39, 0.29) is 17.9 Å². The molecule has 2 aromatic carbocycles. The van der Waals surface area contributed by atoms with Gasteiger partial charge in [0.15, 0.2) is 11.5 Å². The van der Waals surface area contributed by atoms with Crippen molar-refractivity contribution in [1.29, 1.82) is 0 Å². The van der Waals surface area contributed by atoms with Crippen LogP contribution >= 0.6 is 0 Å². The highest BCUT2D eigenvalue weighted by Gasteiger charge is 2.38. The molecule has 0 bridgehead atoms. The molecule has 0 radical (unpaired) electrons. The molecular formula is C22H25N3O4. The number of rotatable bonds is 5. The minimum absolute atomic E-state index is 0.150. The molecule has 1 atom stereocenters. The van der Waals surface area contributed by atoms with Gasteiger partial charge < -0.3 is 20.5 Å². The van der Waals surface area contributed by atoms with Crippen LogP contribution in [0.15, 0.2) is 36.4 Å². The second-order valence-electron chi connectivity index (χ2n) is 7.48. The van der Waals surface area contributed by atoms with E-state index in [9.17, 15) is 9.59 Å². The maximum absolute atomic E-state index is 13.2. The van der Waals surface area contributed by atoms with Crippen molar-refractivity contribution < 1.29 is 19.1 Å². The predicted molar refractivity (Wildman–Crippen MR) is 110 cm³/mol. The molecule has 0 saturated heterocycles. The number of anilines is 2. The van der Waals surface area contributed by atoms with Gasteiger partial charge in [-0.3, -0.25) is 14.5 Å². The summed E-state index contributed by atoms with van der Waals surface area (Å²) in [6.45, 7) is 1.43. The van der Waals surface area contributed by atoms with Gasteiger partial charge >= 0.3 is 0 Å². The van der Waals surface area contributed by atoms with Gasteiger partial charge in [0.25, 0.3) is 5.91 Å². The van der Waals surface area contributed by atoms with Crippen LogP contribution < -0.4 is 25.4 Å². The third-order valence-corrected chi connectivity index (χ3v) is 5.44. The highest BCUT2D eigenvalue weighted by molar-refractivity contribution is 6.12. The molecule has 4 rings (SSSR count). The first-order valence-electron chi connectivity index (χ1n) is 9.82. The molecule has 7 nitrogen and oxygen atoms in total. The van der Waals surface area contributed by atoms with E-state index in [1.54, 1.807) is 48.4 Å². The second-order valence-corrected chi connectivity index (χ2v) is 7.48. The lowest BCUT2D eigenvalue weighted by molar-refractivity contribution is -0.119. The minimum Gasteiger partial charge on any atom is -0.493 e. The normalized spacial score (nSPS) is 18.6. The Morgan fingerprint density at radius 1 is 1.14 bits per heavy atom. The van der Waals surface area contributed by atoms with Crippen LogP contribution in [0, 0.1) is 0 Å². The van der Waals surface area contributed by atoms with Gasteiger partial charge in [-0.2, -0.15) is 0 Å². The first-order chi connectivity index (χ1) is 14.0. The van der Waals surface area contributed by atoms with Crippen molar-refractivity contribution in [1.82, 2.24) is 5.32 Å². The van der Waals surface area contributed by atoms with Crippen molar-refractivity contribution >= 4 is 23.2 Å². The van der Waals surface area contributed by atoms with Crippen LogP contribution in [0.5, 0.6) is 11.5 Å². The molecule has 2 aliphatic rings. The van der Waals surface area contributed by atoms with E-state index in [0.717, 1.165) is 25.7 Å². The summed E-state index contributed by atoms with van der Waals surface area (Å²) in [4.78, 5) is 26.6. The number of hydrogen-bond acceptors (Lipinski definition) is 5. The highest BCUT2D eigenvalue weighted by Crippen LogP contribution is 2.41. The Balaban J connectivity index is 1.73. The molecule has 1 unspecified atom stereocenters. The van der Waals surface area contributed by atoms with Crippen LogP contribution in [0.3, 0.4) is 0 Å². The molecule has 3 N–H and O–H groups in total. The Labute approximate surface area is 169 Å². The molecule has 1 aliphatic heterocycles. The topological polar surface area (TPSA) is 93.9 Å². The highest BCUT2D eigenvalue weighted by atomic mass is 16.5. The molecule has 2 amide bonds. The maximum Gasteiger partial charge on any atom is 0.260 e. The van der Waals surface area contributed by atoms with Gasteiger partial charge in [-0.25, -0.2) is 0 Å². The first kappa shape index (κ1) is 19.1. The van der Waals surface area contributed by atoms with E-state index in [1.807, 2.05) is 0 Å². The van der Waals surface area contributed by atoms with Crippen LogP contribution in [0.4, 0.5) is 11.4 Å². The molecule has 1 fully saturated rings. The lowest BCUT2D eigenvalue weighted by atomic mass is 10.1. The van der Waals surface area contributed by atoms with Gasteiger partial charge in [0.2, 0.25) is 5.91 Å². The number of nitrogen functional groups attached to an aromatic ring is 1. The number of ether oxygens (including phenoxy) is 2. The van der Waals surface area contributed by atoms with Gasteiger partial charge in [-0.1, -0.05) is 6.07 Å². The molecule has 0 spiro atoms. The van der Waals surface area contributed by atoms with Crippen LogP contribution in [0.2, 0.25) is 0 Å². The Bertz CT molecular complexity index is 953. The summed E-state index contributed by atoms with van der Waals surface area (Å²) in [5.41, 5.74) is 8.21. The van der Waals surface area contributed by atoms with Gasteiger partial charge in [-0.05, 0) is 49.9 Å². The molecule has 7 heteroatoms. The van der Waals surface area contributed by atoms with Gasteiger partial charge in [0.1, 0.15) is 6.17 Å². The fraction of sp³-hybridized carbons (Fsp3) is 0.364. The molecular weight excluding hydrogens is 370 g/mol. The van der Waals surface area contributed by atoms with E-state index in [0.29, 0.717) is 34.0 Å². The monoisotopic (exact) mass is 395 g/mol. The van der Waals surface area contributed by atoms with Crippen LogP contribution in [-0.2, 0) is 4.79 Å². The van der Waals surface area contributed by atoms with Crippen molar-refractivity contribution in [2.24, 2.45) is 0 Å². The second kappa shape index (κ2) is 7.66. The standard InChI is InChI=1S/C22H25N3O4/c1-13(26)24-21-17-9-7-14(23)11-18(17)22(27)25(21)15-8-10-19(28-2)20(12-15)29-16-5-3-4-6-16/h7-12,16,21H,3-6,23H2,1-2H3,(H,24,26). The van der Waals surface area contributed by atoms with Crippen LogP contribution in [0.25, 0.3) is 0 Å². The Kier molecular flexibility index (Phi) is 5.05. The zero-order chi connectivity index (χ0) is 20.5. The van der Waals surface area contributed by atoms with E-state index < -0.39 is 6.17 Å².